The van der Waals surface area contributed by atoms with E-state index in [1.165, 1.54) is 18.3 Å². The van der Waals surface area contributed by atoms with E-state index in [4.69, 9.17) is 23.2 Å². The number of aromatic hydroxyl groups is 1. The summed E-state index contributed by atoms with van der Waals surface area (Å²) in [5.41, 5.74) is 0.275. The second kappa shape index (κ2) is 5.38. The molecular weight excluding hydrogens is 281 g/mol. The van der Waals surface area contributed by atoms with Gasteiger partial charge in [0.25, 0.3) is 0 Å². The Balaban J connectivity index is 3.08. The van der Waals surface area contributed by atoms with E-state index in [0.29, 0.717) is 5.02 Å². The maximum Gasteiger partial charge on any atom is 0.144 e. The average molecular weight is 294 g/mol. The lowest BCUT2D eigenvalue weighted by Gasteiger charge is -2.13. The molecule has 0 radical (unpaired) electrons. The van der Waals surface area contributed by atoms with Gasteiger partial charge in [-0.2, -0.15) is 4.40 Å². The number of rotatable bonds is 2. The number of halogens is 2. The lowest BCUT2D eigenvalue weighted by molar-refractivity contribution is 0.474. The molecule has 0 aliphatic heterocycles. The lowest BCUT2D eigenvalue weighted by atomic mass is 10.2. The van der Waals surface area contributed by atoms with Gasteiger partial charge in [-0.25, -0.2) is 4.21 Å². The van der Waals surface area contributed by atoms with E-state index in [2.05, 4.69) is 4.40 Å². The third kappa shape index (κ3) is 3.69. The van der Waals surface area contributed by atoms with Crippen LogP contribution in [0.5, 0.6) is 5.75 Å². The zero-order chi connectivity index (χ0) is 13.2. The van der Waals surface area contributed by atoms with Crippen LogP contribution in [0.4, 0.5) is 0 Å². The Bertz CT molecular complexity index is 481. The molecule has 1 aromatic carbocycles. The number of benzene rings is 1. The number of nitrogens with zero attached hydrogens (tertiary/aromatic N) is 1. The largest absolute Gasteiger partial charge is 0.507 e. The smallest absolute Gasteiger partial charge is 0.144 e. The van der Waals surface area contributed by atoms with Crippen LogP contribution in [0, 0.1) is 0 Å². The summed E-state index contributed by atoms with van der Waals surface area (Å²) in [5.74, 6) is -0.0472. The molecule has 0 aliphatic rings. The molecule has 6 heteroatoms. The van der Waals surface area contributed by atoms with Crippen molar-refractivity contribution in [2.75, 3.05) is 0 Å². The van der Waals surface area contributed by atoms with E-state index in [0.717, 1.165) is 0 Å². The molecule has 17 heavy (non-hydrogen) atoms. The molecule has 1 N–H and O–H groups in total. The quantitative estimate of drug-likeness (QED) is 0.847. The van der Waals surface area contributed by atoms with E-state index < -0.39 is 15.7 Å². The highest BCUT2D eigenvalue weighted by molar-refractivity contribution is 7.85. The van der Waals surface area contributed by atoms with Crippen LogP contribution in [0.3, 0.4) is 0 Å². The Morgan fingerprint density at radius 1 is 1.35 bits per heavy atom. The zero-order valence-corrected chi connectivity index (χ0v) is 12.0. The fourth-order valence-corrected chi connectivity index (χ4v) is 1.83. The molecule has 0 saturated carbocycles. The van der Waals surface area contributed by atoms with Gasteiger partial charge in [-0.05, 0) is 32.9 Å². The molecule has 94 valence electrons. The van der Waals surface area contributed by atoms with Crippen LogP contribution in [-0.2, 0) is 11.0 Å². The first-order valence-corrected chi connectivity index (χ1v) is 6.73. The van der Waals surface area contributed by atoms with E-state index in [1.807, 2.05) is 0 Å². The predicted molar refractivity (Wildman–Crippen MR) is 73.6 cm³/mol. The molecule has 0 heterocycles. The third-order valence-corrected chi connectivity index (χ3v) is 4.07. The van der Waals surface area contributed by atoms with Gasteiger partial charge in [0, 0.05) is 0 Å². The van der Waals surface area contributed by atoms with Crippen molar-refractivity contribution in [1.82, 2.24) is 0 Å². The molecule has 0 amide bonds. The molecule has 1 rings (SSSR count). The van der Waals surface area contributed by atoms with E-state index in [-0.39, 0.29) is 16.3 Å². The van der Waals surface area contributed by atoms with Crippen molar-refractivity contribution in [2.45, 2.75) is 25.5 Å². The Morgan fingerprint density at radius 2 is 1.94 bits per heavy atom. The van der Waals surface area contributed by atoms with Gasteiger partial charge in [0.15, 0.2) is 0 Å². The minimum atomic E-state index is -1.40. The van der Waals surface area contributed by atoms with Crippen molar-refractivity contribution < 1.29 is 9.32 Å². The van der Waals surface area contributed by atoms with Crippen LogP contribution >= 0.6 is 23.2 Å². The van der Waals surface area contributed by atoms with Gasteiger partial charge in [0.1, 0.15) is 16.7 Å². The Hall–Kier alpha value is -0.580. The van der Waals surface area contributed by atoms with Crippen LogP contribution in [0.2, 0.25) is 10.0 Å². The maximum absolute atomic E-state index is 11.7. The van der Waals surface area contributed by atoms with Gasteiger partial charge in [0.05, 0.1) is 26.6 Å². The van der Waals surface area contributed by atoms with Crippen molar-refractivity contribution in [3.8, 4) is 5.75 Å². The Morgan fingerprint density at radius 3 is 2.47 bits per heavy atom. The highest BCUT2D eigenvalue weighted by Gasteiger charge is 2.18. The third-order valence-electron chi connectivity index (χ3n) is 1.91. The summed E-state index contributed by atoms with van der Waals surface area (Å²) in [4.78, 5) is 0. The van der Waals surface area contributed by atoms with E-state index in [9.17, 15) is 9.32 Å². The lowest BCUT2D eigenvalue weighted by Crippen LogP contribution is -2.19. The number of phenols is 1. The van der Waals surface area contributed by atoms with Crippen molar-refractivity contribution in [1.29, 1.82) is 0 Å². The molecule has 0 bridgehead atoms. The first-order valence-electron chi connectivity index (χ1n) is 4.86. The summed E-state index contributed by atoms with van der Waals surface area (Å²) in [6.45, 7) is 5.42. The van der Waals surface area contributed by atoms with E-state index >= 15 is 0 Å². The van der Waals surface area contributed by atoms with Crippen LogP contribution in [0.25, 0.3) is 0 Å². The van der Waals surface area contributed by atoms with Gasteiger partial charge < -0.3 is 5.11 Å². The molecule has 0 unspecified atom stereocenters. The molecule has 1 atom stereocenters. The van der Waals surface area contributed by atoms with Crippen LogP contribution in [0.15, 0.2) is 16.5 Å². The van der Waals surface area contributed by atoms with Gasteiger partial charge in [0.2, 0.25) is 0 Å². The van der Waals surface area contributed by atoms with Crippen molar-refractivity contribution >= 4 is 40.4 Å². The van der Waals surface area contributed by atoms with Crippen molar-refractivity contribution in [2.24, 2.45) is 4.40 Å². The summed E-state index contributed by atoms with van der Waals surface area (Å²) in [5, 5.41) is 10.1. The first kappa shape index (κ1) is 14.5. The van der Waals surface area contributed by atoms with Crippen LogP contribution in [-0.4, -0.2) is 20.3 Å². The van der Waals surface area contributed by atoms with Crippen molar-refractivity contribution in [3.63, 3.8) is 0 Å². The second-order valence-electron chi connectivity index (χ2n) is 4.39. The molecule has 3 nitrogen and oxygen atoms in total. The standard InChI is InChI=1S/C11H13Cl2NO2S/c1-11(2,3)17(16)14-6-7-9(15)5-4-8(12)10(7)13/h4-6,15H,1-3H3/t17-/m0/s1. The van der Waals surface area contributed by atoms with Crippen LogP contribution < -0.4 is 0 Å². The fraction of sp³-hybridized carbons (Fsp3) is 0.364. The minimum absolute atomic E-state index is 0.0472. The highest BCUT2D eigenvalue weighted by atomic mass is 35.5. The SMILES string of the molecule is CC(C)(C)[S@](=O)N=Cc1c(O)ccc(Cl)c1Cl. The molecule has 0 aliphatic carbocycles. The summed E-state index contributed by atoms with van der Waals surface area (Å²) >= 11 is 11.7. The summed E-state index contributed by atoms with van der Waals surface area (Å²) in [6, 6.07) is 2.90. The minimum Gasteiger partial charge on any atom is -0.507 e. The van der Waals surface area contributed by atoms with Gasteiger partial charge in [-0.1, -0.05) is 23.2 Å². The predicted octanol–water partition coefficient (Wildman–Crippen LogP) is 3.58. The van der Waals surface area contributed by atoms with Gasteiger partial charge in [-0.15, -0.1) is 0 Å². The maximum atomic E-state index is 11.7. The summed E-state index contributed by atoms with van der Waals surface area (Å²) < 4.78 is 15.1. The molecule has 0 fully saturated rings. The zero-order valence-electron chi connectivity index (χ0n) is 9.70. The molecule has 0 spiro atoms. The monoisotopic (exact) mass is 293 g/mol. The molecule has 0 aromatic heterocycles. The normalized spacial score (nSPS) is 14.2. The average Bonchev–Trinajstić information content (AvgIpc) is 2.22. The highest BCUT2D eigenvalue weighted by Crippen LogP contribution is 2.31. The Kier molecular flexibility index (Phi) is 4.58. The van der Waals surface area contributed by atoms with Crippen LogP contribution in [0.1, 0.15) is 26.3 Å². The van der Waals surface area contributed by atoms with E-state index in [1.54, 1.807) is 20.8 Å². The molecule has 1 aromatic rings. The fourth-order valence-electron chi connectivity index (χ4n) is 0.938. The summed E-state index contributed by atoms with van der Waals surface area (Å²) in [6.07, 6.45) is 1.28. The number of hydrogen-bond acceptors (Lipinski definition) is 2. The number of phenolic OH excluding ortho intramolecular Hbond substituents is 1. The first-order chi connectivity index (χ1) is 7.73. The van der Waals surface area contributed by atoms with Crippen molar-refractivity contribution in [3.05, 3.63) is 27.7 Å². The molecule has 0 saturated heterocycles. The number of hydrogen-bond donors (Lipinski definition) is 1. The topological polar surface area (TPSA) is 49.7 Å². The van der Waals surface area contributed by atoms with Gasteiger partial charge >= 0.3 is 0 Å². The summed E-state index contributed by atoms with van der Waals surface area (Å²) in [7, 11) is -1.40. The Labute approximate surface area is 113 Å². The van der Waals surface area contributed by atoms with Gasteiger partial charge in [-0.3, -0.25) is 0 Å². The molecular formula is C11H13Cl2NO2S. The second-order valence-corrected chi connectivity index (χ2v) is 7.11.